The molecule has 0 spiro atoms. The predicted octanol–water partition coefficient (Wildman–Crippen LogP) is 5.34. The molecule has 3 rings (SSSR count). The molecule has 174 valence electrons. The van der Waals surface area contributed by atoms with Crippen molar-refractivity contribution in [2.45, 2.75) is 6.54 Å². The zero-order chi connectivity index (χ0) is 24.2. The van der Waals surface area contributed by atoms with Crippen LogP contribution in [0.2, 0.25) is 5.02 Å². The van der Waals surface area contributed by atoms with Crippen molar-refractivity contribution in [2.24, 2.45) is 0 Å². The molecule has 0 atom stereocenters. The van der Waals surface area contributed by atoms with Gasteiger partial charge in [-0.15, -0.1) is 0 Å². The number of anilines is 2. The number of rotatable bonds is 8. The maximum absolute atomic E-state index is 13.3. The first-order chi connectivity index (χ1) is 15.6. The Morgan fingerprint density at radius 2 is 1.67 bits per heavy atom. The summed E-state index contributed by atoms with van der Waals surface area (Å²) in [6.45, 7) is -0.0113. The summed E-state index contributed by atoms with van der Waals surface area (Å²) in [6, 6.07) is 16.8. The van der Waals surface area contributed by atoms with Crippen LogP contribution in [0.4, 0.5) is 11.4 Å². The van der Waals surface area contributed by atoms with Crippen LogP contribution in [0, 0.1) is 0 Å². The molecule has 0 heterocycles. The highest BCUT2D eigenvalue weighted by atomic mass is 79.9. The van der Waals surface area contributed by atoms with Gasteiger partial charge in [-0.25, -0.2) is 8.42 Å². The van der Waals surface area contributed by atoms with E-state index in [1.165, 1.54) is 26.4 Å². The number of ether oxygens (including phenoxy) is 2. The van der Waals surface area contributed by atoms with Crippen molar-refractivity contribution in [3.8, 4) is 11.5 Å². The lowest BCUT2D eigenvalue weighted by molar-refractivity contribution is 0.102. The molecule has 1 amide bonds. The van der Waals surface area contributed by atoms with E-state index in [0.29, 0.717) is 22.0 Å². The number of hydrogen-bond donors (Lipinski definition) is 1. The summed E-state index contributed by atoms with van der Waals surface area (Å²) in [5.41, 5.74) is 1.49. The molecule has 0 aliphatic rings. The third kappa shape index (κ3) is 6.19. The van der Waals surface area contributed by atoms with Gasteiger partial charge in [0.15, 0.2) is 11.5 Å². The SMILES string of the molecule is COc1cc(C(=O)Nc2cccc(Br)c2)c(N(Cc2ccc(Cl)cc2)S(C)(=O)=O)cc1OC. The molecule has 3 aromatic carbocycles. The van der Waals surface area contributed by atoms with Gasteiger partial charge in [0.25, 0.3) is 5.91 Å². The normalized spacial score (nSPS) is 11.1. The molecule has 7 nitrogen and oxygen atoms in total. The summed E-state index contributed by atoms with van der Waals surface area (Å²) >= 11 is 9.34. The zero-order valence-electron chi connectivity index (χ0n) is 18.1. The molecule has 0 radical (unpaired) electrons. The quantitative estimate of drug-likeness (QED) is 0.407. The Kier molecular flexibility index (Phi) is 7.88. The van der Waals surface area contributed by atoms with Crippen LogP contribution in [0.5, 0.6) is 11.5 Å². The molecule has 0 unspecified atom stereocenters. The van der Waals surface area contributed by atoms with Gasteiger partial charge in [0.1, 0.15) is 0 Å². The zero-order valence-corrected chi connectivity index (χ0v) is 21.3. The van der Waals surface area contributed by atoms with Crippen LogP contribution >= 0.6 is 27.5 Å². The van der Waals surface area contributed by atoms with Crippen LogP contribution in [0.25, 0.3) is 0 Å². The van der Waals surface area contributed by atoms with Crippen molar-refractivity contribution in [2.75, 3.05) is 30.1 Å². The second-order valence-corrected chi connectivity index (χ2v) is 10.3. The van der Waals surface area contributed by atoms with Gasteiger partial charge in [0.2, 0.25) is 10.0 Å². The van der Waals surface area contributed by atoms with Gasteiger partial charge in [-0.2, -0.15) is 0 Å². The number of hydrogen-bond acceptors (Lipinski definition) is 5. The molecule has 33 heavy (non-hydrogen) atoms. The Balaban J connectivity index is 2.13. The maximum Gasteiger partial charge on any atom is 0.257 e. The van der Waals surface area contributed by atoms with Gasteiger partial charge in [-0.1, -0.05) is 45.7 Å². The van der Waals surface area contributed by atoms with Crippen molar-refractivity contribution in [1.82, 2.24) is 0 Å². The average molecular weight is 554 g/mol. The predicted molar refractivity (Wildman–Crippen MR) is 134 cm³/mol. The summed E-state index contributed by atoms with van der Waals surface area (Å²) in [6.07, 6.45) is 1.08. The second-order valence-electron chi connectivity index (χ2n) is 7.08. The molecule has 0 aromatic heterocycles. The summed E-state index contributed by atoms with van der Waals surface area (Å²) in [7, 11) is -0.913. The fourth-order valence-corrected chi connectivity index (χ4v) is 4.58. The Morgan fingerprint density at radius 3 is 2.24 bits per heavy atom. The Morgan fingerprint density at radius 1 is 1.03 bits per heavy atom. The van der Waals surface area contributed by atoms with Crippen molar-refractivity contribution in [3.05, 3.63) is 81.3 Å². The molecule has 0 saturated carbocycles. The van der Waals surface area contributed by atoms with E-state index in [2.05, 4.69) is 21.2 Å². The van der Waals surface area contributed by atoms with Crippen molar-refractivity contribution >= 4 is 54.8 Å². The first kappa shape index (κ1) is 24.9. The number of nitrogens with zero attached hydrogens (tertiary/aromatic N) is 1. The van der Waals surface area contributed by atoms with Crippen molar-refractivity contribution < 1.29 is 22.7 Å². The topological polar surface area (TPSA) is 84.9 Å². The third-order valence-corrected chi connectivity index (χ3v) is 6.61. The van der Waals surface area contributed by atoms with Crippen LogP contribution in [0.1, 0.15) is 15.9 Å². The summed E-state index contributed by atoms with van der Waals surface area (Å²) in [5.74, 6) is 0.0747. The van der Waals surface area contributed by atoms with E-state index in [1.807, 2.05) is 6.07 Å². The third-order valence-electron chi connectivity index (χ3n) is 4.74. The monoisotopic (exact) mass is 552 g/mol. The molecule has 0 saturated heterocycles. The van der Waals surface area contributed by atoms with Crippen LogP contribution in [-0.4, -0.2) is 34.8 Å². The molecule has 0 aliphatic carbocycles. The first-order valence-corrected chi connectivity index (χ1v) is 12.7. The Labute approximate surface area is 206 Å². The standard InChI is InChI=1S/C23H22BrClN2O5S/c1-31-21-12-19(23(28)26-18-6-4-5-16(24)11-18)20(13-22(21)32-2)27(33(3,29)30)14-15-7-9-17(25)10-8-15/h4-13H,14H2,1-3H3,(H,26,28). The van der Waals surface area contributed by atoms with Gasteiger partial charge in [-0.3, -0.25) is 9.10 Å². The largest absolute Gasteiger partial charge is 0.493 e. The van der Waals surface area contributed by atoms with E-state index < -0.39 is 15.9 Å². The highest BCUT2D eigenvalue weighted by Gasteiger charge is 2.26. The lowest BCUT2D eigenvalue weighted by atomic mass is 10.1. The smallest absolute Gasteiger partial charge is 0.257 e. The van der Waals surface area contributed by atoms with Crippen LogP contribution < -0.4 is 19.1 Å². The Bertz CT molecular complexity index is 1270. The minimum atomic E-state index is -3.79. The van der Waals surface area contributed by atoms with Gasteiger partial charge in [-0.05, 0) is 42.0 Å². The number of methoxy groups -OCH3 is 2. The fourth-order valence-electron chi connectivity index (χ4n) is 3.16. The molecule has 10 heteroatoms. The molecule has 0 bridgehead atoms. The van der Waals surface area contributed by atoms with E-state index in [9.17, 15) is 13.2 Å². The number of nitrogens with one attached hydrogen (secondary N) is 1. The van der Waals surface area contributed by atoms with Crippen LogP contribution in [-0.2, 0) is 16.6 Å². The van der Waals surface area contributed by atoms with E-state index in [0.717, 1.165) is 15.0 Å². The number of carbonyl (C=O) groups is 1. The summed E-state index contributed by atoms with van der Waals surface area (Å²) in [5, 5.41) is 3.33. The minimum absolute atomic E-state index is 0.0113. The number of amides is 1. The van der Waals surface area contributed by atoms with E-state index in [1.54, 1.807) is 42.5 Å². The Hall–Kier alpha value is -2.75. The fraction of sp³-hybridized carbons (Fsp3) is 0.174. The molecule has 1 N–H and O–H groups in total. The van der Waals surface area contributed by atoms with Crippen molar-refractivity contribution in [3.63, 3.8) is 0 Å². The highest BCUT2D eigenvalue weighted by molar-refractivity contribution is 9.10. The molecule has 0 aliphatic heterocycles. The number of sulfonamides is 1. The van der Waals surface area contributed by atoms with Gasteiger partial charge < -0.3 is 14.8 Å². The van der Waals surface area contributed by atoms with Gasteiger partial charge in [0.05, 0.1) is 38.3 Å². The van der Waals surface area contributed by atoms with Gasteiger partial charge in [0, 0.05) is 21.2 Å². The van der Waals surface area contributed by atoms with E-state index in [4.69, 9.17) is 21.1 Å². The average Bonchev–Trinajstić information content (AvgIpc) is 2.77. The lowest BCUT2D eigenvalue weighted by Crippen LogP contribution is -2.31. The highest BCUT2D eigenvalue weighted by Crippen LogP contribution is 2.37. The summed E-state index contributed by atoms with van der Waals surface area (Å²) in [4.78, 5) is 13.3. The van der Waals surface area contributed by atoms with Crippen molar-refractivity contribution in [1.29, 1.82) is 0 Å². The number of benzene rings is 3. The number of halogens is 2. The van der Waals surface area contributed by atoms with E-state index >= 15 is 0 Å². The minimum Gasteiger partial charge on any atom is -0.493 e. The first-order valence-electron chi connectivity index (χ1n) is 9.67. The second kappa shape index (κ2) is 10.5. The maximum atomic E-state index is 13.3. The van der Waals surface area contributed by atoms with Gasteiger partial charge >= 0.3 is 0 Å². The van der Waals surface area contributed by atoms with Crippen LogP contribution in [0.3, 0.4) is 0 Å². The molecular weight excluding hydrogens is 532 g/mol. The summed E-state index contributed by atoms with van der Waals surface area (Å²) < 4.78 is 38.3. The number of carbonyl (C=O) groups excluding carboxylic acids is 1. The molecule has 0 fully saturated rings. The van der Waals surface area contributed by atoms with E-state index in [-0.39, 0.29) is 23.5 Å². The molecular formula is C23H22BrClN2O5S. The lowest BCUT2D eigenvalue weighted by Gasteiger charge is -2.26. The van der Waals surface area contributed by atoms with Crippen LogP contribution in [0.15, 0.2) is 65.1 Å². The molecule has 3 aromatic rings.